The van der Waals surface area contributed by atoms with E-state index in [0.29, 0.717) is 16.2 Å². The molecule has 2 aliphatic heterocycles. The molecule has 1 aromatic rings. The Bertz CT molecular complexity index is 703. The summed E-state index contributed by atoms with van der Waals surface area (Å²) in [6.45, 7) is 1.12. The van der Waals surface area contributed by atoms with E-state index < -0.39 is 43.2 Å². The van der Waals surface area contributed by atoms with E-state index >= 15 is 0 Å². The van der Waals surface area contributed by atoms with Crippen LogP contribution in [0.3, 0.4) is 0 Å². The lowest BCUT2D eigenvalue weighted by Gasteiger charge is -2.42. The van der Waals surface area contributed by atoms with E-state index in [9.17, 15) is 25.2 Å². The number of thiocarbonyl (C=S) groups is 1. The zero-order valence-electron chi connectivity index (χ0n) is 13.1. The van der Waals surface area contributed by atoms with E-state index in [2.05, 4.69) is 0 Å². The number of thioether (sulfide) groups is 1. The first-order valence-electron chi connectivity index (χ1n) is 7.47. The number of furan rings is 1. The van der Waals surface area contributed by atoms with E-state index in [-0.39, 0.29) is 4.32 Å². The number of nitrogens with zero attached hydrogens (tertiary/aromatic N) is 1. The zero-order valence-corrected chi connectivity index (χ0v) is 14.7. The molecule has 2 aliphatic rings. The van der Waals surface area contributed by atoms with Gasteiger partial charge in [0.05, 0.1) is 17.8 Å². The standard InChI is InChI=1S/C15H17NO7S2/c1-6(7-3-2-4-22-7)12-13(21)16(15(24)25-12)14-11(20)10(19)9(18)8(5-17)23-14/h2-4,8-11,14,17-20H,5H2,1H3. The SMILES string of the molecule is CC(=C1SC(=S)N(C2OC(CO)C(O)C(O)C2O)C1=O)c1ccco1. The lowest BCUT2D eigenvalue weighted by molar-refractivity contribution is -0.252. The third-order valence-corrected chi connectivity index (χ3v) is 5.65. The number of aliphatic hydroxyl groups excluding tert-OH is 4. The van der Waals surface area contributed by atoms with Gasteiger partial charge in [-0.05, 0) is 19.1 Å². The van der Waals surface area contributed by atoms with E-state index in [0.717, 1.165) is 16.7 Å². The highest BCUT2D eigenvalue weighted by Gasteiger charge is 2.50. The van der Waals surface area contributed by atoms with Gasteiger partial charge in [-0.1, -0.05) is 24.0 Å². The minimum Gasteiger partial charge on any atom is -0.465 e. The van der Waals surface area contributed by atoms with Crippen LogP contribution in [0.5, 0.6) is 0 Å². The number of ether oxygens (including phenoxy) is 1. The van der Waals surface area contributed by atoms with Crippen LogP contribution in [-0.4, -0.2) is 72.8 Å². The molecule has 0 spiro atoms. The molecular formula is C15H17NO7S2. The summed E-state index contributed by atoms with van der Waals surface area (Å²) < 4.78 is 10.8. The monoisotopic (exact) mass is 387 g/mol. The molecule has 2 saturated heterocycles. The van der Waals surface area contributed by atoms with Crippen molar-refractivity contribution in [3.63, 3.8) is 0 Å². The van der Waals surface area contributed by atoms with E-state index in [1.807, 2.05) is 0 Å². The van der Waals surface area contributed by atoms with Gasteiger partial charge in [-0.25, -0.2) is 0 Å². The van der Waals surface area contributed by atoms with Crippen molar-refractivity contribution >= 4 is 39.8 Å². The highest BCUT2D eigenvalue weighted by atomic mass is 32.2. The molecule has 4 N–H and O–H groups in total. The number of carbonyl (C=O) groups excluding carboxylic acids is 1. The van der Waals surface area contributed by atoms with Crippen LogP contribution in [0.25, 0.3) is 5.57 Å². The lowest BCUT2D eigenvalue weighted by atomic mass is 9.98. The number of aliphatic hydroxyl groups is 4. The van der Waals surface area contributed by atoms with Gasteiger partial charge in [0.25, 0.3) is 5.91 Å². The lowest BCUT2D eigenvalue weighted by Crippen LogP contribution is -2.63. The number of rotatable bonds is 3. The molecule has 2 fully saturated rings. The van der Waals surface area contributed by atoms with Crippen molar-refractivity contribution in [3.05, 3.63) is 29.1 Å². The van der Waals surface area contributed by atoms with Crippen molar-refractivity contribution < 1.29 is 34.4 Å². The van der Waals surface area contributed by atoms with Crippen molar-refractivity contribution in [1.29, 1.82) is 0 Å². The minimum atomic E-state index is -1.59. The molecule has 0 aliphatic carbocycles. The van der Waals surface area contributed by atoms with Crippen LogP contribution in [0.4, 0.5) is 0 Å². The molecule has 1 amide bonds. The fourth-order valence-electron chi connectivity index (χ4n) is 2.73. The van der Waals surface area contributed by atoms with Crippen LogP contribution in [0.1, 0.15) is 12.7 Å². The fraction of sp³-hybridized carbons (Fsp3) is 0.467. The van der Waals surface area contributed by atoms with Crippen molar-refractivity contribution in [2.24, 2.45) is 0 Å². The van der Waals surface area contributed by atoms with Gasteiger partial charge < -0.3 is 29.6 Å². The van der Waals surface area contributed by atoms with Crippen LogP contribution < -0.4 is 0 Å². The normalized spacial score (nSPS) is 35.4. The highest BCUT2D eigenvalue weighted by Crippen LogP contribution is 2.39. The minimum absolute atomic E-state index is 0.134. The number of hydrogen-bond acceptors (Lipinski definition) is 9. The molecule has 136 valence electrons. The Morgan fingerprint density at radius 2 is 2.04 bits per heavy atom. The van der Waals surface area contributed by atoms with Gasteiger partial charge in [0.2, 0.25) is 0 Å². The molecule has 0 radical (unpaired) electrons. The third kappa shape index (κ3) is 3.14. The number of hydrogen-bond donors (Lipinski definition) is 4. The molecule has 0 aromatic carbocycles. The van der Waals surface area contributed by atoms with Gasteiger partial charge in [0.15, 0.2) is 10.5 Å². The molecule has 8 nitrogen and oxygen atoms in total. The Morgan fingerprint density at radius 1 is 1.32 bits per heavy atom. The Kier molecular flexibility index (Phi) is 5.30. The Balaban J connectivity index is 1.91. The molecule has 1 aromatic heterocycles. The summed E-state index contributed by atoms with van der Waals surface area (Å²) in [5, 5.41) is 39.3. The first kappa shape index (κ1) is 18.5. The average molecular weight is 387 g/mol. The number of amides is 1. The maximum absolute atomic E-state index is 12.8. The number of carbonyl (C=O) groups is 1. The Morgan fingerprint density at radius 3 is 2.64 bits per heavy atom. The second-order valence-electron chi connectivity index (χ2n) is 5.69. The van der Waals surface area contributed by atoms with Crippen LogP contribution in [0.2, 0.25) is 0 Å². The maximum atomic E-state index is 12.8. The van der Waals surface area contributed by atoms with Gasteiger partial charge >= 0.3 is 0 Å². The van der Waals surface area contributed by atoms with Crippen LogP contribution in [0.15, 0.2) is 27.7 Å². The second kappa shape index (κ2) is 7.16. The van der Waals surface area contributed by atoms with Crippen LogP contribution >= 0.6 is 24.0 Å². The Hall–Kier alpha value is -1.27. The van der Waals surface area contributed by atoms with Crippen molar-refractivity contribution in [2.75, 3.05) is 6.61 Å². The van der Waals surface area contributed by atoms with E-state index in [4.69, 9.17) is 21.4 Å². The summed E-state index contributed by atoms with van der Waals surface area (Å²) in [6.07, 6.45) is -5.63. The van der Waals surface area contributed by atoms with Crippen LogP contribution in [0, 0.1) is 0 Å². The van der Waals surface area contributed by atoms with Crippen molar-refractivity contribution in [2.45, 2.75) is 37.6 Å². The molecule has 10 heteroatoms. The average Bonchev–Trinajstić information content (AvgIpc) is 3.22. The molecule has 25 heavy (non-hydrogen) atoms. The van der Waals surface area contributed by atoms with Crippen molar-refractivity contribution in [3.8, 4) is 0 Å². The predicted octanol–water partition coefficient (Wildman–Crippen LogP) is -0.329. The first-order valence-corrected chi connectivity index (χ1v) is 8.70. The predicted molar refractivity (Wildman–Crippen MR) is 92.1 cm³/mol. The Labute approximate surface area is 152 Å². The summed E-state index contributed by atoms with van der Waals surface area (Å²) in [7, 11) is 0. The van der Waals surface area contributed by atoms with Gasteiger partial charge in [-0.3, -0.25) is 9.69 Å². The van der Waals surface area contributed by atoms with Gasteiger partial charge in [0.1, 0.15) is 30.2 Å². The van der Waals surface area contributed by atoms with Gasteiger partial charge in [0, 0.05) is 5.57 Å². The molecule has 5 unspecified atom stereocenters. The summed E-state index contributed by atoms with van der Waals surface area (Å²) >= 11 is 6.25. The molecule has 3 heterocycles. The molecule has 5 atom stereocenters. The summed E-state index contributed by atoms with van der Waals surface area (Å²) in [4.78, 5) is 14.2. The fourth-order valence-corrected chi connectivity index (χ4v) is 4.06. The molecule has 0 saturated carbocycles. The van der Waals surface area contributed by atoms with Crippen molar-refractivity contribution in [1.82, 2.24) is 4.90 Å². The summed E-state index contributed by atoms with van der Waals surface area (Å²) in [5.74, 6) is 0.00234. The zero-order chi connectivity index (χ0) is 18.3. The quantitative estimate of drug-likeness (QED) is 0.408. The van der Waals surface area contributed by atoms with Gasteiger partial charge in [-0.15, -0.1) is 0 Å². The first-order chi connectivity index (χ1) is 11.9. The third-order valence-electron chi connectivity index (χ3n) is 4.15. The van der Waals surface area contributed by atoms with Gasteiger partial charge in [-0.2, -0.15) is 0 Å². The molecule has 0 bridgehead atoms. The van der Waals surface area contributed by atoms with Crippen LogP contribution in [-0.2, 0) is 9.53 Å². The smallest absolute Gasteiger partial charge is 0.268 e. The molecule has 3 rings (SSSR count). The summed E-state index contributed by atoms with van der Waals surface area (Å²) in [5.41, 5.74) is 0.578. The number of allylic oxidation sites excluding steroid dienone is 1. The van der Waals surface area contributed by atoms with E-state index in [1.54, 1.807) is 19.1 Å². The molecular weight excluding hydrogens is 370 g/mol. The second-order valence-corrected chi connectivity index (χ2v) is 7.34. The maximum Gasteiger partial charge on any atom is 0.268 e. The largest absolute Gasteiger partial charge is 0.465 e. The topological polar surface area (TPSA) is 124 Å². The summed E-state index contributed by atoms with van der Waals surface area (Å²) in [6, 6.07) is 3.40. The highest BCUT2D eigenvalue weighted by molar-refractivity contribution is 8.26. The van der Waals surface area contributed by atoms with E-state index in [1.165, 1.54) is 6.26 Å².